The molecule has 1 aromatic carbocycles. The maximum absolute atomic E-state index is 12.1. The van der Waals surface area contributed by atoms with Crippen LogP contribution in [0.5, 0.6) is 0 Å². The lowest BCUT2D eigenvalue weighted by atomic mass is 10.1. The van der Waals surface area contributed by atoms with Crippen molar-refractivity contribution in [2.75, 3.05) is 13.1 Å². The van der Waals surface area contributed by atoms with Gasteiger partial charge in [-0.1, -0.05) is 29.8 Å². The Bertz CT molecular complexity index is 650. The van der Waals surface area contributed by atoms with E-state index in [2.05, 4.69) is 4.72 Å². The SMILES string of the molecule is Cc1ccc(CS(=O)(=O)NCC2CC(=O)N(C3CC3)C2)cc1. The predicted molar refractivity (Wildman–Crippen MR) is 84.6 cm³/mol. The Balaban J connectivity index is 1.52. The van der Waals surface area contributed by atoms with E-state index in [4.69, 9.17) is 0 Å². The molecule has 1 N–H and O–H groups in total. The Morgan fingerprint density at radius 3 is 2.55 bits per heavy atom. The van der Waals surface area contributed by atoms with E-state index in [9.17, 15) is 13.2 Å². The number of aryl methyl sites for hydroxylation is 1. The first-order chi connectivity index (χ1) is 10.4. The number of nitrogens with zero attached hydrogens (tertiary/aromatic N) is 1. The van der Waals surface area contributed by atoms with Gasteiger partial charge in [0.2, 0.25) is 15.9 Å². The molecule has 1 saturated heterocycles. The molecule has 1 atom stereocenters. The van der Waals surface area contributed by atoms with Gasteiger partial charge in [-0.15, -0.1) is 0 Å². The van der Waals surface area contributed by atoms with Gasteiger partial charge >= 0.3 is 0 Å². The van der Waals surface area contributed by atoms with Crippen LogP contribution in [0.1, 0.15) is 30.4 Å². The second-order valence-electron chi connectivity index (χ2n) is 6.44. The van der Waals surface area contributed by atoms with Gasteiger partial charge in [-0.3, -0.25) is 4.79 Å². The third kappa shape index (κ3) is 3.87. The summed E-state index contributed by atoms with van der Waals surface area (Å²) in [5, 5.41) is 0. The Morgan fingerprint density at radius 2 is 1.91 bits per heavy atom. The lowest BCUT2D eigenvalue weighted by Gasteiger charge is -2.15. The zero-order valence-corrected chi connectivity index (χ0v) is 13.6. The van der Waals surface area contributed by atoms with E-state index < -0.39 is 10.0 Å². The lowest BCUT2D eigenvalue weighted by molar-refractivity contribution is -0.128. The Morgan fingerprint density at radius 1 is 1.23 bits per heavy atom. The molecule has 0 bridgehead atoms. The third-order valence-corrected chi connectivity index (χ3v) is 5.62. The second kappa shape index (κ2) is 6.01. The molecular formula is C16H22N2O3S. The summed E-state index contributed by atoms with van der Waals surface area (Å²) in [4.78, 5) is 13.8. The number of amides is 1. The number of rotatable bonds is 6. The normalized spacial score (nSPS) is 22.3. The molecule has 3 rings (SSSR count). The molecule has 1 heterocycles. The molecule has 1 aliphatic carbocycles. The average Bonchev–Trinajstić information content (AvgIpc) is 3.23. The Labute approximate surface area is 131 Å². The van der Waals surface area contributed by atoms with Gasteiger partial charge in [-0.2, -0.15) is 0 Å². The minimum Gasteiger partial charge on any atom is -0.339 e. The fourth-order valence-electron chi connectivity index (χ4n) is 2.88. The van der Waals surface area contributed by atoms with Crippen LogP contribution in [0.25, 0.3) is 0 Å². The minimum absolute atomic E-state index is 0.0136. The summed E-state index contributed by atoms with van der Waals surface area (Å²) in [7, 11) is -3.35. The van der Waals surface area contributed by atoms with Crippen LogP contribution in [0.2, 0.25) is 0 Å². The van der Waals surface area contributed by atoms with Gasteiger partial charge in [0, 0.05) is 25.6 Å². The molecule has 1 aliphatic heterocycles. The smallest absolute Gasteiger partial charge is 0.223 e. The van der Waals surface area contributed by atoms with Gasteiger partial charge in [0.15, 0.2) is 0 Å². The van der Waals surface area contributed by atoms with Crippen molar-refractivity contribution in [3.05, 3.63) is 35.4 Å². The summed E-state index contributed by atoms with van der Waals surface area (Å²) in [6, 6.07) is 7.91. The van der Waals surface area contributed by atoms with Crippen LogP contribution in [0.4, 0.5) is 0 Å². The summed E-state index contributed by atoms with van der Waals surface area (Å²) < 4.78 is 26.9. The molecule has 5 nitrogen and oxygen atoms in total. The van der Waals surface area contributed by atoms with Gasteiger partial charge in [0.05, 0.1) is 5.75 Å². The van der Waals surface area contributed by atoms with E-state index in [1.54, 1.807) is 0 Å². The topological polar surface area (TPSA) is 66.5 Å². The van der Waals surface area contributed by atoms with Crippen LogP contribution < -0.4 is 4.72 Å². The number of sulfonamides is 1. The van der Waals surface area contributed by atoms with Gasteiger partial charge in [-0.05, 0) is 31.2 Å². The fourth-order valence-corrected chi connectivity index (χ4v) is 4.11. The molecule has 1 saturated carbocycles. The van der Waals surface area contributed by atoms with Gasteiger partial charge in [-0.25, -0.2) is 13.1 Å². The quantitative estimate of drug-likeness (QED) is 0.861. The molecule has 1 aromatic rings. The maximum Gasteiger partial charge on any atom is 0.223 e. The average molecular weight is 322 g/mol. The van der Waals surface area contributed by atoms with Gasteiger partial charge in [0.1, 0.15) is 0 Å². The second-order valence-corrected chi connectivity index (χ2v) is 8.25. The van der Waals surface area contributed by atoms with Crippen molar-refractivity contribution in [3.63, 3.8) is 0 Å². The van der Waals surface area contributed by atoms with Crippen LogP contribution in [-0.4, -0.2) is 38.4 Å². The Kier molecular flexibility index (Phi) is 4.23. The third-order valence-electron chi connectivity index (χ3n) is 4.30. The molecule has 6 heteroatoms. The van der Waals surface area contributed by atoms with Gasteiger partial charge < -0.3 is 4.90 Å². The van der Waals surface area contributed by atoms with Crippen molar-refractivity contribution < 1.29 is 13.2 Å². The number of carbonyl (C=O) groups is 1. The molecule has 1 unspecified atom stereocenters. The molecule has 0 aromatic heterocycles. The molecule has 0 radical (unpaired) electrons. The number of benzene rings is 1. The zero-order valence-electron chi connectivity index (χ0n) is 12.8. The number of carbonyl (C=O) groups excluding carboxylic acids is 1. The van der Waals surface area contributed by atoms with Crippen LogP contribution >= 0.6 is 0 Å². The highest BCUT2D eigenvalue weighted by molar-refractivity contribution is 7.88. The largest absolute Gasteiger partial charge is 0.339 e. The number of likely N-dealkylation sites (tertiary alicyclic amines) is 1. The number of hydrogen-bond donors (Lipinski definition) is 1. The summed E-state index contributed by atoms with van der Waals surface area (Å²) in [5.74, 6) is 0.256. The van der Waals surface area contributed by atoms with Crippen molar-refractivity contribution >= 4 is 15.9 Å². The van der Waals surface area contributed by atoms with Crippen LogP contribution in [0.3, 0.4) is 0 Å². The highest BCUT2D eigenvalue weighted by atomic mass is 32.2. The first kappa shape index (κ1) is 15.5. The van der Waals surface area contributed by atoms with Crippen LogP contribution in [0.15, 0.2) is 24.3 Å². The number of nitrogens with one attached hydrogen (secondary N) is 1. The molecule has 120 valence electrons. The maximum atomic E-state index is 12.1. The first-order valence-corrected chi connectivity index (χ1v) is 9.40. The molecule has 2 aliphatic rings. The van der Waals surface area contributed by atoms with Crippen molar-refractivity contribution in [2.24, 2.45) is 5.92 Å². The molecular weight excluding hydrogens is 300 g/mol. The van der Waals surface area contributed by atoms with E-state index >= 15 is 0 Å². The van der Waals surface area contributed by atoms with Crippen molar-refractivity contribution in [3.8, 4) is 0 Å². The molecule has 0 spiro atoms. The first-order valence-electron chi connectivity index (χ1n) is 7.75. The summed E-state index contributed by atoms with van der Waals surface area (Å²) in [6.45, 7) is 3.01. The van der Waals surface area contributed by atoms with E-state index in [1.165, 1.54) is 0 Å². The van der Waals surface area contributed by atoms with Crippen LogP contribution in [0, 0.1) is 12.8 Å². The number of hydrogen-bond acceptors (Lipinski definition) is 3. The summed E-state index contributed by atoms with van der Waals surface area (Å²) in [5.41, 5.74) is 1.89. The zero-order chi connectivity index (χ0) is 15.7. The monoisotopic (exact) mass is 322 g/mol. The molecule has 1 amide bonds. The molecule has 22 heavy (non-hydrogen) atoms. The van der Waals surface area contributed by atoms with Crippen molar-refractivity contribution in [1.29, 1.82) is 0 Å². The molecule has 2 fully saturated rings. The summed E-state index contributed by atoms with van der Waals surface area (Å²) in [6.07, 6.45) is 2.65. The fraction of sp³-hybridized carbons (Fsp3) is 0.562. The van der Waals surface area contributed by atoms with Crippen LogP contribution in [-0.2, 0) is 20.6 Å². The van der Waals surface area contributed by atoms with Gasteiger partial charge in [0.25, 0.3) is 0 Å². The highest BCUT2D eigenvalue weighted by Crippen LogP contribution is 2.32. The van der Waals surface area contributed by atoms with E-state index in [0.717, 1.165) is 24.0 Å². The van der Waals surface area contributed by atoms with Crippen molar-refractivity contribution in [2.45, 2.75) is 38.0 Å². The predicted octanol–water partition coefficient (Wildman–Crippen LogP) is 1.43. The van der Waals surface area contributed by atoms with E-state index in [-0.39, 0.29) is 17.6 Å². The lowest BCUT2D eigenvalue weighted by Crippen LogP contribution is -2.32. The van der Waals surface area contributed by atoms with E-state index in [0.29, 0.717) is 25.6 Å². The van der Waals surface area contributed by atoms with E-state index in [1.807, 2.05) is 36.1 Å². The van der Waals surface area contributed by atoms with Crippen molar-refractivity contribution in [1.82, 2.24) is 9.62 Å². The highest BCUT2D eigenvalue weighted by Gasteiger charge is 2.39. The minimum atomic E-state index is -3.35. The standard InChI is InChI=1S/C16H22N2O3S/c1-12-2-4-13(5-3-12)11-22(20,21)17-9-14-8-16(19)18(10-14)15-6-7-15/h2-5,14-15,17H,6-11H2,1H3. The Hall–Kier alpha value is -1.40. The summed E-state index contributed by atoms with van der Waals surface area (Å²) >= 11 is 0.